The minimum atomic E-state index is -0.485. The fraction of sp³-hybridized carbons (Fsp3) is 0.385. The molecule has 4 nitrogen and oxygen atoms in total. The predicted octanol–water partition coefficient (Wildman–Crippen LogP) is 2.09. The molecule has 98 valence electrons. The minimum absolute atomic E-state index is 0.0389. The molecule has 0 fully saturated rings. The van der Waals surface area contributed by atoms with E-state index in [1.807, 2.05) is 32.2 Å². The quantitative estimate of drug-likeness (QED) is 0.655. The van der Waals surface area contributed by atoms with Crippen molar-refractivity contribution in [2.24, 2.45) is 0 Å². The molecule has 18 heavy (non-hydrogen) atoms. The number of benzene rings is 1. The molecule has 0 aliphatic carbocycles. The van der Waals surface area contributed by atoms with Crippen LogP contribution in [0.3, 0.4) is 0 Å². The first kappa shape index (κ1) is 14.6. The number of nitrogens with one attached hydrogen (secondary N) is 1. The summed E-state index contributed by atoms with van der Waals surface area (Å²) in [6.45, 7) is 3.45. The summed E-state index contributed by atoms with van der Waals surface area (Å²) in [6, 6.07) is 7.10. The van der Waals surface area contributed by atoms with Gasteiger partial charge in [0.25, 0.3) is 5.91 Å². The highest BCUT2D eigenvalue weighted by atomic mass is 32.2. The van der Waals surface area contributed by atoms with Crippen molar-refractivity contribution in [3.8, 4) is 0 Å². The van der Waals surface area contributed by atoms with Gasteiger partial charge in [-0.1, -0.05) is 0 Å². The van der Waals surface area contributed by atoms with Gasteiger partial charge >= 0.3 is 5.97 Å². The van der Waals surface area contributed by atoms with Crippen LogP contribution in [0.1, 0.15) is 24.2 Å². The van der Waals surface area contributed by atoms with Crippen LogP contribution in [-0.4, -0.2) is 30.8 Å². The lowest BCUT2D eigenvalue weighted by atomic mass is 10.2. The van der Waals surface area contributed by atoms with Gasteiger partial charge in [-0.05, 0) is 44.4 Å². The standard InChI is InChI=1S/C13H17NO3S/c1-9(2)14-12(15)8-17-13(16)10-4-6-11(18-3)7-5-10/h4-7,9H,8H2,1-3H3,(H,14,15). The van der Waals surface area contributed by atoms with Gasteiger partial charge in [-0.2, -0.15) is 0 Å². The Morgan fingerprint density at radius 1 is 1.28 bits per heavy atom. The van der Waals surface area contributed by atoms with E-state index < -0.39 is 5.97 Å². The van der Waals surface area contributed by atoms with Crippen molar-refractivity contribution in [2.45, 2.75) is 24.8 Å². The first-order valence-corrected chi connectivity index (χ1v) is 6.86. The summed E-state index contributed by atoms with van der Waals surface area (Å²) in [5.74, 6) is -0.777. The van der Waals surface area contributed by atoms with E-state index in [0.717, 1.165) is 4.90 Å². The van der Waals surface area contributed by atoms with Crippen LogP contribution in [0.25, 0.3) is 0 Å². The van der Waals surface area contributed by atoms with Gasteiger partial charge in [-0.3, -0.25) is 4.79 Å². The van der Waals surface area contributed by atoms with Gasteiger partial charge < -0.3 is 10.1 Å². The number of amides is 1. The predicted molar refractivity (Wildman–Crippen MR) is 71.8 cm³/mol. The Morgan fingerprint density at radius 3 is 2.39 bits per heavy atom. The second kappa shape index (κ2) is 7.06. The number of ether oxygens (including phenoxy) is 1. The summed E-state index contributed by atoms with van der Waals surface area (Å²) >= 11 is 1.60. The first-order valence-electron chi connectivity index (χ1n) is 5.63. The zero-order valence-corrected chi connectivity index (χ0v) is 11.5. The van der Waals surface area contributed by atoms with Gasteiger partial charge in [0.2, 0.25) is 0 Å². The fourth-order valence-corrected chi connectivity index (χ4v) is 1.71. The maximum Gasteiger partial charge on any atom is 0.338 e. The van der Waals surface area contributed by atoms with Gasteiger partial charge in [0.05, 0.1) is 5.56 Å². The highest BCUT2D eigenvalue weighted by molar-refractivity contribution is 7.98. The number of hydrogen-bond acceptors (Lipinski definition) is 4. The number of esters is 1. The van der Waals surface area contributed by atoms with E-state index in [1.165, 1.54) is 0 Å². The molecule has 0 spiro atoms. The zero-order valence-electron chi connectivity index (χ0n) is 10.7. The van der Waals surface area contributed by atoms with E-state index in [2.05, 4.69) is 5.32 Å². The maximum absolute atomic E-state index is 11.6. The van der Waals surface area contributed by atoms with E-state index in [-0.39, 0.29) is 18.6 Å². The average Bonchev–Trinajstić information content (AvgIpc) is 2.35. The van der Waals surface area contributed by atoms with Crippen molar-refractivity contribution in [1.82, 2.24) is 5.32 Å². The van der Waals surface area contributed by atoms with Crippen LogP contribution in [0.15, 0.2) is 29.2 Å². The number of carbonyl (C=O) groups is 2. The largest absolute Gasteiger partial charge is 0.452 e. The molecule has 5 heteroatoms. The molecule has 0 radical (unpaired) electrons. The molecule has 0 saturated carbocycles. The number of hydrogen-bond donors (Lipinski definition) is 1. The summed E-state index contributed by atoms with van der Waals surface area (Å²) in [4.78, 5) is 24.0. The molecule has 1 amide bonds. The molecule has 1 aromatic rings. The third-order valence-electron chi connectivity index (χ3n) is 2.11. The Bertz CT molecular complexity index is 415. The molecule has 0 heterocycles. The lowest BCUT2D eigenvalue weighted by molar-refractivity contribution is -0.124. The minimum Gasteiger partial charge on any atom is -0.452 e. The van der Waals surface area contributed by atoms with Crippen LogP contribution in [0.2, 0.25) is 0 Å². The monoisotopic (exact) mass is 267 g/mol. The second-order valence-electron chi connectivity index (χ2n) is 4.03. The molecule has 0 aliphatic heterocycles. The van der Waals surface area contributed by atoms with Crippen LogP contribution in [0.5, 0.6) is 0 Å². The summed E-state index contributed by atoms with van der Waals surface area (Å²) < 4.78 is 4.91. The van der Waals surface area contributed by atoms with E-state index in [4.69, 9.17) is 4.74 Å². The summed E-state index contributed by atoms with van der Waals surface area (Å²) in [6.07, 6.45) is 1.96. The molecule has 0 aromatic heterocycles. The molecule has 0 unspecified atom stereocenters. The van der Waals surface area contributed by atoms with Crippen molar-refractivity contribution < 1.29 is 14.3 Å². The average molecular weight is 267 g/mol. The van der Waals surface area contributed by atoms with Crippen molar-refractivity contribution in [2.75, 3.05) is 12.9 Å². The van der Waals surface area contributed by atoms with Crippen LogP contribution in [0, 0.1) is 0 Å². The fourth-order valence-electron chi connectivity index (χ4n) is 1.31. The van der Waals surface area contributed by atoms with Crippen molar-refractivity contribution in [3.05, 3.63) is 29.8 Å². The van der Waals surface area contributed by atoms with E-state index >= 15 is 0 Å². The topological polar surface area (TPSA) is 55.4 Å². The van der Waals surface area contributed by atoms with Gasteiger partial charge in [0, 0.05) is 10.9 Å². The molecular weight excluding hydrogens is 250 g/mol. The number of carbonyl (C=O) groups excluding carboxylic acids is 2. The van der Waals surface area contributed by atoms with E-state index in [1.54, 1.807) is 23.9 Å². The maximum atomic E-state index is 11.6. The van der Waals surface area contributed by atoms with E-state index in [0.29, 0.717) is 5.56 Å². The normalized spacial score (nSPS) is 10.2. The van der Waals surface area contributed by atoms with Crippen LogP contribution in [-0.2, 0) is 9.53 Å². The molecule has 1 rings (SSSR count). The zero-order chi connectivity index (χ0) is 13.5. The number of thioether (sulfide) groups is 1. The SMILES string of the molecule is CSc1ccc(C(=O)OCC(=O)NC(C)C)cc1. The van der Waals surface area contributed by atoms with Gasteiger partial charge in [-0.15, -0.1) is 11.8 Å². The summed E-state index contributed by atoms with van der Waals surface area (Å²) in [7, 11) is 0. The Balaban J connectivity index is 2.47. The van der Waals surface area contributed by atoms with Crippen LogP contribution >= 0.6 is 11.8 Å². The van der Waals surface area contributed by atoms with Gasteiger partial charge in [0.1, 0.15) is 0 Å². The Morgan fingerprint density at radius 2 is 1.89 bits per heavy atom. The highest BCUT2D eigenvalue weighted by Crippen LogP contribution is 2.15. The van der Waals surface area contributed by atoms with Gasteiger partial charge in [-0.25, -0.2) is 4.79 Å². The summed E-state index contributed by atoms with van der Waals surface area (Å²) in [5, 5.41) is 2.65. The van der Waals surface area contributed by atoms with Crippen molar-refractivity contribution >= 4 is 23.6 Å². The third kappa shape index (κ3) is 4.79. The Labute approximate surface area is 111 Å². The molecule has 0 saturated heterocycles. The Hall–Kier alpha value is -1.49. The van der Waals surface area contributed by atoms with Crippen LogP contribution < -0.4 is 5.32 Å². The second-order valence-corrected chi connectivity index (χ2v) is 4.91. The molecule has 0 aliphatic rings. The molecule has 1 N–H and O–H groups in total. The van der Waals surface area contributed by atoms with Crippen molar-refractivity contribution in [1.29, 1.82) is 0 Å². The molecular formula is C13H17NO3S. The first-order chi connectivity index (χ1) is 8.52. The lowest BCUT2D eigenvalue weighted by Gasteiger charge is -2.08. The summed E-state index contributed by atoms with van der Waals surface area (Å²) in [5.41, 5.74) is 0.449. The molecule has 1 aromatic carbocycles. The highest BCUT2D eigenvalue weighted by Gasteiger charge is 2.10. The molecule has 0 atom stereocenters. The van der Waals surface area contributed by atoms with Crippen molar-refractivity contribution in [3.63, 3.8) is 0 Å². The third-order valence-corrected chi connectivity index (χ3v) is 2.85. The lowest BCUT2D eigenvalue weighted by Crippen LogP contribution is -2.33. The number of rotatable bonds is 5. The van der Waals surface area contributed by atoms with Crippen LogP contribution in [0.4, 0.5) is 0 Å². The smallest absolute Gasteiger partial charge is 0.338 e. The van der Waals surface area contributed by atoms with E-state index in [9.17, 15) is 9.59 Å². The Kier molecular flexibility index (Phi) is 5.71. The molecule has 0 bridgehead atoms. The van der Waals surface area contributed by atoms with Gasteiger partial charge in [0.15, 0.2) is 6.61 Å².